The first kappa shape index (κ1) is 14.8. The molecule has 1 heterocycles. The van der Waals surface area contributed by atoms with Crippen molar-refractivity contribution in [2.45, 2.75) is 40.0 Å². The number of carbonyl (C=O) groups is 2. The Labute approximate surface area is 130 Å². The molecule has 0 aliphatic heterocycles. The van der Waals surface area contributed by atoms with Crippen LogP contribution in [0.25, 0.3) is 16.5 Å². The summed E-state index contributed by atoms with van der Waals surface area (Å²) in [6.45, 7) is 6.17. The van der Waals surface area contributed by atoms with E-state index in [1.807, 2.05) is 24.3 Å². The standard InChI is InChI=1S/C19H21NO2/c1-4-11(2)9-10-13-12(3)18(21)19(22)16-14-7-5-6-8-15(14)20-17(13)16/h5-8,11,20H,4,9-10H2,1-3H3/t11-/m0/s1. The Morgan fingerprint density at radius 1 is 1.14 bits per heavy atom. The lowest BCUT2D eigenvalue weighted by Crippen LogP contribution is -2.22. The van der Waals surface area contributed by atoms with Crippen LogP contribution < -0.4 is 0 Å². The summed E-state index contributed by atoms with van der Waals surface area (Å²) < 4.78 is 0. The zero-order chi connectivity index (χ0) is 15.9. The molecule has 22 heavy (non-hydrogen) atoms. The molecule has 0 radical (unpaired) electrons. The van der Waals surface area contributed by atoms with Crippen molar-refractivity contribution < 1.29 is 9.59 Å². The van der Waals surface area contributed by atoms with Gasteiger partial charge in [-0.05, 0) is 37.3 Å². The van der Waals surface area contributed by atoms with Crippen molar-refractivity contribution in [1.82, 2.24) is 4.98 Å². The van der Waals surface area contributed by atoms with E-state index in [-0.39, 0.29) is 11.6 Å². The summed E-state index contributed by atoms with van der Waals surface area (Å²) in [4.78, 5) is 28.1. The van der Waals surface area contributed by atoms with Crippen molar-refractivity contribution in [2.75, 3.05) is 0 Å². The highest BCUT2D eigenvalue weighted by molar-refractivity contribution is 6.54. The quantitative estimate of drug-likeness (QED) is 0.842. The lowest BCUT2D eigenvalue weighted by atomic mass is 9.84. The van der Waals surface area contributed by atoms with E-state index >= 15 is 0 Å². The Kier molecular flexibility index (Phi) is 3.73. The van der Waals surface area contributed by atoms with Crippen molar-refractivity contribution >= 4 is 28.0 Å². The molecule has 1 aliphatic carbocycles. The second kappa shape index (κ2) is 5.56. The molecular formula is C19H21NO2. The van der Waals surface area contributed by atoms with E-state index < -0.39 is 0 Å². The van der Waals surface area contributed by atoms with Crippen molar-refractivity contribution in [3.63, 3.8) is 0 Å². The molecule has 0 unspecified atom stereocenters. The van der Waals surface area contributed by atoms with Crippen LogP contribution in [-0.2, 0) is 4.79 Å². The number of benzene rings is 1. The van der Waals surface area contributed by atoms with Crippen molar-refractivity contribution in [3.05, 3.63) is 41.1 Å². The van der Waals surface area contributed by atoms with Gasteiger partial charge in [0.15, 0.2) is 0 Å². The van der Waals surface area contributed by atoms with E-state index in [1.54, 1.807) is 6.92 Å². The molecule has 0 bridgehead atoms. The Morgan fingerprint density at radius 3 is 2.59 bits per heavy atom. The Balaban J connectivity index is 2.14. The minimum atomic E-state index is -0.378. The largest absolute Gasteiger partial charge is 0.354 e. The van der Waals surface area contributed by atoms with Crippen LogP contribution in [0.3, 0.4) is 0 Å². The molecular weight excluding hydrogens is 274 g/mol. The molecule has 1 aromatic carbocycles. The van der Waals surface area contributed by atoms with Crippen LogP contribution in [0.5, 0.6) is 0 Å². The zero-order valence-electron chi connectivity index (χ0n) is 13.3. The van der Waals surface area contributed by atoms with Gasteiger partial charge in [0.1, 0.15) is 0 Å². The minimum absolute atomic E-state index is 0.351. The number of aromatic nitrogens is 1. The van der Waals surface area contributed by atoms with Crippen LogP contribution >= 0.6 is 0 Å². The third-order valence-electron chi connectivity index (χ3n) is 4.82. The number of ketones is 2. The fourth-order valence-corrected chi connectivity index (χ4v) is 3.12. The van der Waals surface area contributed by atoms with Crippen molar-refractivity contribution in [1.29, 1.82) is 0 Å². The maximum atomic E-state index is 12.4. The Bertz CT molecular complexity index is 795. The fourth-order valence-electron chi connectivity index (χ4n) is 3.12. The third kappa shape index (κ3) is 2.21. The van der Waals surface area contributed by atoms with Gasteiger partial charge in [-0.25, -0.2) is 0 Å². The predicted molar refractivity (Wildman–Crippen MR) is 88.9 cm³/mol. The number of carbonyl (C=O) groups excluding carboxylic acids is 2. The maximum absolute atomic E-state index is 12.4. The molecule has 3 rings (SSSR count). The molecule has 3 nitrogen and oxygen atoms in total. The van der Waals surface area contributed by atoms with Gasteiger partial charge in [-0.1, -0.05) is 38.5 Å². The monoisotopic (exact) mass is 295 g/mol. The Morgan fingerprint density at radius 2 is 1.86 bits per heavy atom. The first-order valence-electron chi connectivity index (χ1n) is 7.94. The van der Waals surface area contributed by atoms with Gasteiger partial charge in [-0.15, -0.1) is 0 Å². The van der Waals surface area contributed by atoms with Crippen molar-refractivity contribution in [3.8, 4) is 0 Å². The summed E-state index contributed by atoms with van der Waals surface area (Å²) in [6.07, 6.45) is 2.98. The van der Waals surface area contributed by atoms with Crippen LogP contribution in [0, 0.1) is 5.92 Å². The normalized spacial score (nSPS) is 16.3. The average Bonchev–Trinajstić information content (AvgIpc) is 2.91. The molecule has 3 heteroatoms. The fraction of sp³-hybridized carbons (Fsp3) is 0.368. The molecule has 1 aromatic heterocycles. The van der Waals surface area contributed by atoms with E-state index in [9.17, 15) is 9.59 Å². The van der Waals surface area contributed by atoms with Crippen LogP contribution in [-0.4, -0.2) is 16.6 Å². The number of aromatic amines is 1. The molecule has 0 spiro atoms. The van der Waals surface area contributed by atoms with Gasteiger partial charge in [-0.3, -0.25) is 9.59 Å². The molecule has 2 aromatic rings. The van der Waals surface area contributed by atoms with E-state index in [0.29, 0.717) is 17.1 Å². The maximum Gasteiger partial charge on any atom is 0.235 e. The minimum Gasteiger partial charge on any atom is -0.354 e. The smallest absolute Gasteiger partial charge is 0.235 e. The van der Waals surface area contributed by atoms with E-state index in [2.05, 4.69) is 18.8 Å². The number of hydrogen-bond donors (Lipinski definition) is 1. The van der Waals surface area contributed by atoms with Gasteiger partial charge in [0.25, 0.3) is 0 Å². The number of nitrogens with one attached hydrogen (secondary N) is 1. The number of Topliss-reactive ketones (excluding diaryl/α,β-unsaturated/α-hetero) is 2. The molecule has 0 fully saturated rings. The summed E-state index contributed by atoms with van der Waals surface area (Å²) >= 11 is 0. The second-order valence-electron chi connectivity index (χ2n) is 6.23. The second-order valence-corrected chi connectivity index (χ2v) is 6.23. The third-order valence-corrected chi connectivity index (χ3v) is 4.82. The summed E-state index contributed by atoms with van der Waals surface area (Å²) in [5, 5.41) is 0.851. The topological polar surface area (TPSA) is 49.9 Å². The first-order chi connectivity index (χ1) is 10.5. The highest BCUT2D eigenvalue weighted by Gasteiger charge is 2.33. The number of fused-ring (bicyclic) bond motifs is 3. The lowest BCUT2D eigenvalue weighted by molar-refractivity contribution is -0.111. The van der Waals surface area contributed by atoms with Gasteiger partial charge in [0.2, 0.25) is 11.6 Å². The summed E-state index contributed by atoms with van der Waals surface area (Å²) in [5.74, 6) is -0.116. The first-order valence-corrected chi connectivity index (χ1v) is 7.94. The highest BCUT2D eigenvalue weighted by Crippen LogP contribution is 2.37. The van der Waals surface area contributed by atoms with Gasteiger partial charge in [-0.2, -0.15) is 0 Å². The summed E-state index contributed by atoms with van der Waals surface area (Å²) in [6, 6.07) is 7.69. The SMILES string of the molecule is CC[C@H](C)CCC1=C(C)C(=O)C(=O)c2c1[nH]c1ccccc21. The summed E-state index contributed by atoms with van der Waals surface area (Å²) in [5.41, 5.74) is 3.95. The zero-order valence-corrected chi connectivity index (χ0v) is 13.3. The number of para-hydroxylation sites is 1. The van der Waals surface area contributed by atoms with Crippen LogP contribution in [0.4, 0.5) is 0 Å². The van der Waals surface area contributed by atoms with E-state index in [1.165, 1.54) is 0 Å². The van der Waals surface area contributed by atoms with Gasteiger partial charge >= 0.3 is 0 Å². The van der Waals surface area contributed by atoms with Crippen LogP contribution in [0.1, 0.15) is 56.1 Å². The number of rotatable bonds is 4. The highest BCUT2D eigenvalue weighted by atomic mass is 16.2. The molecule has 1 N–H and O–H groups in total. The molecule has 1 atom stereocenters. The molecule has 0 amide bonds. The van der Waals surface area contributed by atoms with Crippen molar-refractivity contribution in [2.24, 2.45) is 5.92 Å². The number of allylic oxidation sites excluding steroid dienone is 2. The number of hydrogen-bond acceptors (Lipinski definition) is 2. The van der Waals surface area contributed by atoms with Crippen LogP contribution in [0.2, 0.25) is 0 Å². The summed E-state index contributed by atoms with van der Waals surface area (Å²) in [7, 11) is 0. The van der Waals surface area contributed by atoms with Gasteiger partial charge < -0.3 is 4.98 Å². The van der Waals surface area contributed by atoms with E-state index in [4.69, 9.17) is 0 Å². The number of H-pyrrole nitrogens is 1. The lowest BCUT2D eigenvalue weighted by Gasteiger charge is -2.18. The molecule has 0 saturated carbocycles. The predicted octanol–water partition coefficient (Wildman–Crippen LogP) is 4.53. The average molecular weight is 295 g/mol. The van der Waals surface area contributed by atoms with E-state index in [0.717, 1.165) is 41.4 Å². The molecule has 0 saturated heterocycles. The van der Waals surface area contributed by atoms with Gasteiger partial charge in [0, 0.05) is 16.5 Å². The Hall–Kier alpha value is -2.16. The molecule has 114 valence electrons. The van der Waals surface area contributed by atoms with Gasteiger partial charge in [0.05, 0.1) is 11.3 Å². The molecule has 1 aliphatic rings. The van der Waals surface area contributed by atoms with Crippen LogP contribution in [0.15, 0.2) is 29.8 Å².